The van der Waals surface area contributed by atoms with Crippen LogP contribution in [0.5, 0.6) is 0 Å². The van der Waals surface area contributed by atoms with Crippen LogP contribution in [0.15, 0.2) is 11.5 Å². The van der Waals surface area contributed by atoms with Gasteiger partial charge in [0.2, 0.25) is 5.78 Å². The lowest BCUT2D eigenvalue weighted by Crippen LogP contribution is -2.36. The van der Waals surface area contributed by atoms with Crippen molar-refractivity contribution in [3.8, 4) is 0 Å². The number of Topliss-reactive ketones (excluding diaryl/α,β-unsaturated/α-hetero) is 1. The van der Waals surface area contributed by atoms with Crippen molar-refractivity contribution in [2.75, 3.05) is 6.54 Å². The van der Waals surface area contributed by atoms with E-state index in [4.69, 9.17) is 5.11 Å². The molecule has 1 heterocycles. The number of hydrogen-bond donors (Lipinski definition) is 3. The summed E-state index contributed by atoms with van der Waals surface area (Å²) in [6.45, 7) is 1.81. The highest BCUT2D eigenvalue weighted by Crippen LogP contribution is 2.36. The molecule has 6 nitrogen and oxygen atoms in total. The maximum Gasteiger partial charge on any atom is 0.326 e. The number of rotatable bonds is 2. The van der Waals surface area contributed by atoms with Crippen molar-refractivity contribution < 1.29 is 24.9 Å². The number of ketones is 1. The monoisotopic (exact) mass is 241 g/mol. The highest BCUT2D eigenvalue weighted by molar-refractivity contribution is 6.02. The predicted molar refractivity (Wildman–Crippen MR) is 57.3 cm³/mol. The second-order valence-electron chi connectivity index (χ2n) is 4.76. The Bertz CT molecular complexity index is 412. The van der Waals surface area contributed by atoms with Gasteiger partial charge in [-0.25, -0.2) is 4.79 Å². The van der Waals surface area contributed by atoms with Crippen molar-refractivity contribution >= 4 is 11.8 Å². The average molecular weight is 241 g/mol. The first kappa shape index (κ1) is 11.9. The third-order valence-corrected chi connectivity index (χ3v) is 3.37. The van der Waals surface area contributed by atoms with Crippen molar-refractivity contribution in [2.45, 2.75) is 37.8 Å². The fourth-order valence-corrected chi connectivity index (χ4v) is 2.46. The first-order valence-electron chi connectivity index (χ1n) is 5.53. The van der Waals surface area contributed by atoms with Crippen molar-refractivity contribution in [3.63, 3.8) is 0 Å². The van der Waals surface area contributed by atoms with E-state index in [1.165, 1.54) is 11.8 Å². The molecule has 17 heavy (non-hydrogen) atoms. The second-order valence-corrected chi connectivity index (χ2v) is 4.76. The van der Waals surface area contributed by atoms with Crippen LogP contribution in [0.25, 0.3) is 0 Å². The molecule has 0 aromatic rings. The van der Waals surface area contributed by atoms with Gasteiger partial charge in [0.15, 0.2) is 5.76 Å². The van der Waals surface area contributed by atoms with Gasteiger partial charge in [0, 0.05) is 13.0 Å². The van der Waals surface area contributed by atoms with Gasteiger partial charge in [0.1, 0.15) is 11.6 Å². The predicted octanol–water partition coefficient (Wildman–Crippen LogP) is 0.0288. The zero-order valence-electron chi connectivity index (χ0n) is 9.51. The zero-order valence-corrected chi connectivity index (χ0v) is 9.51. The van der Waals surface area contributed by atoms with E-state index < -0.39 is 29.2 Å². The minimum atomic E-state index is -1.62. The highest BCUT2D eigenvalue weighted by atomic mass is 16.4. The molecule has 6 heteroatoms. The van der Waals surface area contributed by atoms with Gasteiger partial charge >= 0.3 is 5.97 Å². The second kappa shape index (κ2) is 3.73. The van der Waals surface area contributed by atoms with Crippen molar-refractivity contribution in [3.05, 3.63) is 11.5 Å². The van der Waals surface area contributed by atoms with Crippen LogP contribution in [0.1, 0.15) is 26.2 Å². The molecule has 1 fully saturated rings. The summed E-state index contributed by atoms with van der Waals surface area (Å²) in [5, 5.41) is 28.5. The zero-order chi connectivity index (χ0) is 12.8. The van der Waals surface area contributed by atoms with Crippen LogP contribution in [0, 0.1) is 0 Å². The fourth-order valence-electron chi connectivity index (χ4n) is 2.46. The van der Waals surface area contributed by atoms with Gasteiger partial charge in [-0.15, -0.1) is 0 Å². The molecule has 2 atom stereocenters. The molecule has 2 aliphatic rings. The number of hydrogen-bond acceptors (Lipinski definition) is 5. The molecule has 3 N–H and O–H groups in total. The van der Waals surface area contributed by atoms with Gasteiger partial charge in [0.05, 0.1) is 5.70 Å². The summed E-state index contributed by atoms with van der Waals surface area (Å²) in [7, 11) is 0. The fraction of sp³-hybridized carbons (Fsp3) is 0.636. The molecule has 1 aliphatic carbocycles. The highest BCUT2D eigenvalue weighted by Gasteiger charge is 2.46. The van der Waals surface area contributed by atoms with Gasteiger partial charge < -0.3 is 20.2 Å². The van der Waals surface area contributed by atoms with E-state index in [1.54, 1.807) is 0 Å². The number of carboxylic acids is 1. The maximum absolute atomic E-state index is 11.5. The molecule has 0 amide bonds. The summed E-state index contributed by atoms with van der Waals surface area (Å²) in [4.78, 5) is 24.1. The smallest absolute Gasteiger partial charge is 0.326 e. The van der Waals surface area contributed by atoms with Gasteiger partial charge in [0.25, 0.3) is 0 Å². The quantitative estimate of drug-likeness (QED) is 0.631. The summed E-state index contributed by atoms with van der Waals surface area (Å²) in [5.74, 6) is -2.20. The number of likely N-dealkylation sites (tertiary alicyclic amines) is 1. The molecule has 0 aromatic heterocycles. The number of carbonyl (C=O) groups is 2. The minimum Gasteiger partial charge on any atom is -0.503 e. The largest absolute Gasteiger partial charge is 0.503 e. The number of aliphatic carboxylic acids is 1. The third-order valence-electron chi connectivity index (χ3n) is 3.37. The van der Waals surface area contributed by atoms with Gasteiger partial charge in [-0.1, -0.05) is 0 Å². The molecule has 0 bridgehead atoms. The van der Waals surface area contributed by atoms with Crippen molar-refractivity contribution in [2.24, 2.45) is 0 Å². The molecule has 1 aliphatic heterocycles. The number of aliphatic hydroxyl groups is 2. The third kappa shape index (κ3) is 1.78. The summed E-state index contributed by atoms with van der Waals surface area (Å²) in [6.07, 6.45) is 1.16. The van der Waals surface area contributed by atoms with Crippen LogP contribution >= 0.6 is 0 Å². The van der Waals surface area contributed by atoms with Crippen LogP contribution < -0.4 is 0 Å². The van der Waals surface area contributed by atoms with E-state index in [1.807, 2.05) is 0 Å². The van der Waals surface area contributed by atoms with Crippen molar-refractivity contribution in [1.82, 2.24) is 4.90 Å². The van der Waals surface area contributed by atoms with Gasteiger partial charge in [-0.3, -0.25) is 4.79 Å². The Labute approximate surface area is 98.2 Å². The number of carboxylic acid groups (broad SMARTS) is 1. The average Bonchev–Trinajstić information content (AvgIpc) is 2.78. The lowest BCUT2D eigenvalue weighted by Gasteiger charge is -2.25. The lowest BCUT2D eigenvalue weighted by molar-refractivity contribution is -0.141. The topological polar surface area (TPSA) is 98.1 Å². The molecule has 2 unspecified atom stereocenters. The van der Waals surface area contributed by atoms with Crippen molar-refractivity contribution in [1.29, 1.82) is 0 Å². The SMILES string of the molecule is CC1(O)CC(N2CCCC2C(=O)O)=C(O)C1=O. The lowest BCUT2D eigenvalue weighted by atomic mass is 10.0. The molecule has 1 saturated heterocycles. The Morgan fingerprint density at radius 1 is 1.53 bits per heavy atom. The van der Waals surface area contributed by atoms with E-state index in [2.05, 4.69) is 0 Å². The van der Waals surface area contributed by atoms with Crippen LogP contribution in [0.4, 0.5) is 0 Å². The number of carbonyl (C=O) groups excluding carboxylic acids is 1. The maximum atomic E-state index is 11.5. The normalized spacial score (nSPS) is 33.6. The number of nitrogens with zero attached hydrogens (tertiary/aromatic N) is 1. The van der Waals surface area contributed by atoms with Crippen LogP contribution in [0.2, 0.25) is 0 Å². The summed E-state index contributed by atoms with van der Waals surface area (Å²) >= 11 is 0. The molecular weight excluding hydrogens is 226 g/mol. The van der Waals surface area contributed by atoms with E-state index in [0.717, 1.165) is 0 Å². The molecule has 0 aromatic carbocycles. The molecule has 0 spiro atoms. The Balaban J connectivity index is 2.30. The molecule has 94 valence electrons. The van der Waals surface area contributed by atoms with E-state index in [9.17, 15) is 19.8 Å². The van der Waals surface area contributed by atoms with Crippen LogP contribution in [-0.4, -0.2) is 50.2 Å². The summed E-state index contributed by atoms with van der Waals surface area (Å²) in [5.41, 5.74) is -1.37. The minimum absolute atomic E-state index is 0.0263. The standard InChI is InChI=1S/C11H15NO5/c1-11(17)5-7(8(13)9(11)14)12-4-2-3-6(12)10(15)16/h6,13,17H,2-5H2,1H3,(H,15,16). The van der Waals surface area contributed by atoms with E-state index in [-0.39, 0.29) is 12.1 Å². The Morgan fingerprint density at radius 2 is 2.18 bits per heavy atom. The molecular formula is C11H15NO5. The summed E-state index contributed by atoms with van der Waals surface area (Å²) in [6, 6.07) is -0.714. The molecule has 0 radical (unpaired) electrons. The van der Waals surface area contributed by atoms with E-state index in [0.29, 0.717) is 19.4 Å². The van der Waals surface area contributed by atoms with Crippen LogP contribution in [-0.2, 0) is 9.59 Å². The van der Waals surface area contributed by atoms with Crippen LogP contribution in [0.3, 0.4) is 0 Å². The Kier molecular flexibility index (Phi) is 2.61. The molecule has 2 rings (SSSR count). The summed E-state index contributed by atoms with van der Waals surface area (Å²) < 4.78 is 0. The van der Waals surface area contributed by atoms with E-state index >= 15 is 0 Å². The van der Waals surface area contributed by atoms with Gasteiger partial charge in [-0.2, -0.15) is 0 Å². The first-order chi connectivity index (χ1) is 7.84. The Morgan fingerprint density at radius 3 is 2.65 bits per heavy atom. The van der Waals surface area contributed by atoms with Gasteiger partial charge in [-0.05, 0) is 19.8 Å². The first-order valence-corrected chi connectivity index (χ1v) is 5.53. The molecule has 0 saturated carbocycles. The number of aliphatic hydroxyl groups excluding tert-OH is 1. The Hall–Kier alpha value is -1.56.